The van der Waals surface area contributed by atoms with E-state index in [2.05, 4.69) is 10.6 Å². The second-order valence-electron chi connectivity index (χ2n) is 9.84. The third-order valence-electron chi connectivity index (χ3n) is 6.89. The van der Waals surface area contributed by atoms with Gasteiger partial charge < -0.3 is 29.9 Å². The van der Waals surface area contributed by atoms with E-state index >= 15 is 0 Å². The lowest BCUT2D eigenvalue weighted by molar-refractivity contribution is -0.144. The Morgan fingerprint density at radius 3 is 2.33 bits per heavy atom. The number of hydrogen-bond acceptors (Lipinski definition) is 5. The van der Waals surface area contributed by atoms with Crippen LogP contribution in [0.3, 0.4) is 0 Å². The van der Waals surface area contributed by atoms with Crippen molar-refractivity contribution >= 4 is 34.8 Å². The molecule has 0 saturated carbocycles. The highest BCUT2D eigenvalue weighted by Crippen LogP contribution is 2.31. The number of anilines is 1. The summed E-state index contributed by atoms with van der Waals surface area (Å²) in [6, 6.07) is 24.8. The van der Waals surface area contributed by atoms with Crippen LogP contribution in [-0.2, 0) is 16.1 Å². The van der Waals surface area contributed by atoms with Crippen molar-refractivity contribution in [2.75, 3.05) is 32.6 Å². The summed E-state index contributed by atoms with van der Waals surface area (Å²) >= 11 is 5.57. The Balaban J connectivity index is 1.56. The van der Waals surface area contributed by atoms with Crippen LogP contribution in [-0.4, -0.2) is 59.6 Å². The Morgan fingerprint density at radius 2 is 1.69 bits per heavy atom. The maximum Gasteiger partial charge on any atom is 0.249 e. The lowest BCUT2D eigenvalue weighted by Gasteiger charge is -2.38. The molecule has 0 spiro atoms. The van der Waals surface area contributed by atoms with Crippen molar-refractivity contribution in [1.82, 2.24) is 15.1 Å². The summed E-state index contributed by atoms with van der Waals surface area (Å²) in [7, 11) is 3.09. The Morgan fingerprint density at radius 1 is 1.03 bits per heavy atom. The number of methoxy groups -OCH3 is 2. The van der Waals surface area contributed by atoms with E-state index in [4.69, 9.17) is 21.7 Å². The van der Waals surface area contributed by atoms with Gasteiger partial charge >= 0.3 is 0 Å². The molecule has 2 N–H and O–H groups in total. The summed E-state index contributed by atoms with van der Waals surface area (Å²) in [6.45, 7) is 4.35. The first-order chi connectivity index (χ1) is 18.7. The van der Waals surface area contributed by atoms with Crippen LogP contribution < -0.4 is 20.1 Å². The van der Waals surface area contributed by atoms with Crippen LogP contribution in [0.1, 0.15) is 31.0 Å². The number of carbonyl (C=O) groups is 2. The topological polar surface area (TPSA) is 83.1 Å². The average molecular weight is 547 g/mol. The van der Waals surface area contributed by atoms with Gasteiger partial charge in [0.25, 0.3) is 0 Å². The van der Waals surface area contributed by atoms with Crippen molar-refractivity contribution in [3.63, 3.8) is 0 Å². The van der Waals surface area contributed by atoms with Gasteiger partial charge in [0.2, 0.25) is 11.8 Å². The molecule has 1 aliphatic rings. The fourth-order valence-electron chi connectivity index (χ4n) is 4.51. The van der Waals surface area contributed by atoms with E-state index in [1.165, 1.54) is 7.11 Å². The minimum atomic E-state index is -1.20. The Labute approximate surface area is 234 Å². The van der Waals surface area contributed by atoms with Crippen molar-refractivity contribution < 1.29 is 19.1 Å². The second kappa shape index (κ2) is 12.2. The first kappa shape index (κ1) is 27.9. The summed E-state index contributed by atoms with van der Waals surface area (Å²) in [4.78, 5) is 31.0. The molecule has 204 valence electrons. The van der Waals surface area contributed by atoms with Crippen LogP contribution in [0, 0.1) is 0 Å². The Hall–Kier alpha value is -4.11. The molecule has 8 nitrogen and oxygen atoms in total. The molecule has 39 heavy (non-hydrogen) atoms. The molecule has 4 rings (SSSR count). The molecule has 0 bridgehead atoms. The van der Waals surface area contributed by atoms with Crippen LogP contribution in [0.5, 0.6) is 11.5 Å². The van der Waals surface area contributed by atoms with Gasteiger partial charge in [-0.2, -0.15) is 0 Å². The number of rotatable bonds is 10. The fraction of sp³-hybridized carbons (Fsp3) is 0.300. The maximum atomic E-state index is 13.9. The summed E-state index contributed by atoms with van der Waals surface area (Å²) in [5.41, 5.74) is 1.30. The number of carbonyl (C=O) groups excluding carboxylic acids is 2. The second-order valence-corrected chi connectivity index (χ2v) is 10.2. The molecular weight excluding hydrogens is 512 g/mol. The van der Waals surface area contributed by atoms with Crippen LogP contribution in [0.15, 0.2) is 78.9 Å². The van der Waals surface area contributed by atoms with E-state index in [1.54, 1.807) is 44.1 Å². The number of nitrogens with one attached hydrogen (secondary N) is 2. The van der Waals surface area contributed by atoms with Gasteiger partial charge in [-0.25, -0.2) is 0 Å². The minimum absolute atomic E-state index is 0.00656. The van der Waals surface area contributed by atoms with Gasteiger partial charge in [-0.3, -0.25) is 9.59 Å². The van der Waals surface area contributed by atoms with E-state index in [0.717, 1.165) is 11.1 Å². The molecule has 1 aliphatic heterocycles. The maximum absolute atomic E-state index is 13.9. The molecular formula is C30H34N4O4S. The highest BCUT2D eigenvalue weighted by atomic mass is 32.1. The zero-order valence-electron chi connectivity index (χ0n) is 22.6. The van der Waals surface area contributed by atoms with Gasteiger partial charge in [0.1, 0.15) is 17.0 Å². The monoisotopic (exact) mass is 546 g/mol. The van der Waals surface area contributed by atoms with Crippen LogP contribution in [0.25, 0.3) is 0 Å². The van der Waals surface area contributed by atoms with Crippen LogP contribution in [0.4, 0.5) is 5.69 Å². The van der Waals surface area contributed by atoms with Crippen molar-refractivity contribution in [1.29, 1.82) is 0 Å². The molecule has 0 aromatic heterocycles. The molecule has 0 unspecified atom stereocenters. The molecule has 2 amide bonds. The number of nitrogens with zero attached hydrogens (tertiary/aromatic N) is 2. The molecule has 1 heterocycles. The van der Waals surface area contributed by atoms with E-state index < -0.39 is 5.54 Å². The van der Waals surface area contributed by atoms with Gasteiger partial charge in [0, 0.05) is 19.2 Å². The van der Waals surface area contributed by atoms with Crippen molar-refractivity contribution in [3.05, 3.63) is 90.0 Å². The number of ether oxygens (including phenoxy) is 2. The highest BCUT2D eigenvalue weighted by Gasteiger charge is 2.40. The number of benzene rings is 3. The van der Waals surface area contributed by atoms with Gasteiger partial charge in [-0.15, -0.1) is 0 Å². The lowest BCUT2D eigenvalue weighted by atomic mass is 9.99. The molecule has 3 aromatic rings. The molecule has 1 atom stereocenters. The smallest absolute Gasteiger partial charge is 0.249 e. The van der Waals surface area contributed by atoms with E-state index in [1.807, 2.05) is 65.6 Å². The van der Waals surface area contributed by atoms with Gasteiger partial charge in [-0.1, -0.05) is 60.7 Å². The van der Waals surface area contributed by atoms with Crippen LogP contribution in [0.2, 0.25) is 0 Å². The molecule has 0 radical (unpaired) electrons. The normalized spacial score (nSPS) is 14.9. The van der Waals surface area contributed by atoms with E-state index in [0.29, 0.717) is 28.8 Å². The van der Waals surface area contributed by atoms with Gasteiger partial charge in [0.15, 0.2) is 5.11 Å². The number of hydrogen-bond donors (Lipinski definition) is 2. The molecule has 1 fully saturated rings. The molecule has 9 heteroatoms. The van der Waals surface area contributed by atoms with Crippen LogP contribution >= 0.6 is 12.2 Å². The molecule has 1 saturated heterocycles. The highest BCUT2D eigenvalue weighted by molar-refractivity contribution is 7.80. The SMILES string of the molecule is COc1ccc(NC(=O)C(C)(C)N(Cc2ccccc2)C(=O)CN2C[C@H](c3ccccc3)NC2=S)c(OC)c1. The first-order valence-corrected chi connectivity index (χ1v) is 13.1. The van der Waals surface area contributed by atoms with Crippen molar-refractivity contribution in [2.45, 2.75) is 32.0 Å². The zero-order valence-corrected chi connectivity index (χ0v) is 23.5. The fourth-order valence-corrected chi connectivity index (χ4v) is 4.79. The molecule has 0 aliphatic carbocycles. The average Bonchev–Trinajstić information content (AvgIpc) is 3.32. The van der Waals surface area contributed by atoms with Gasteiger partial charge in [-0.05, 0) is 49.3 Å². The predicted octanol–water partition coefficient (Wildman–Crippen LogP) is 4.38. The standard InChI is InChI=1S/C30H34N4O4S/c1-30(2,28(36)31-24-16-15-23(37-3)17-26(24)38-4)34(18-21-11-7-5-8-12-21)27(35)20-33-19-25(32-29(33)39)22-13-9-6-10-14-22/h5-17,25H,18-20H2,1-4H3,(H,31,36)(H,32,39)/t25-/m1/s1. The summed E-state index contributed by atoms with van der Waals surface area (Å²) < 4.78 is 10.7. The summed E-state index contributed by atoms with van der Waals surface area (Å²) in [6.07, 6.45) is 0. The van der Waals surface area contributed by atoms with Crippen molar-refractivity contribution in [2.24, 2.45) is 0 Å². The quantitative estimate of drug-likeness (QED) is 0.365. The first-order valence-electron chi connectivity index (χ1n) is 12.7. The van der Waals surface area contributed by atoms with Gasteiger partial charge in [0.05, 0.1) is 32.5 Å². The Bertz CT molecular complexity index is 1320. The largest absolute Gasteiger partial charge is 0.497 e. The molecule has 3 aromatic carbocycles. The number of amides is 2. The zero-order chi connectivity index (χ0) is 28.0. The van der Waals surface area contributed by atoms with E-state index in [-0.39, 0.29) is 30.9 Å². The predicted molar refractivity (Wildman–Crippen MR) is 156 cm³/mol. The third kappa shape index (κ3) is 6.49. The summed E-state index contributed by atoms with van der Waals surface area (Å²) in [5.74, 6) is 0.506. The number of thiocarbonyl (C=S) groups is 1. The van der Waals surface area contributed by atoms with E-state index in [9.17, 15) is 9.59 Å². The summed E-state index contributed by atoms with van der Waals surface area (Å²) in [5, 5.41) is 6.77. The lowest BCUT2D eigenvalue weighted by Crippen LogP contribution is -2.57. The Kier molecular flexibility index (Phi) is 8.71. The third-order valence-corrected chi connectivity index (χ3v) is 7.26. The minimum Gasteiger partial charge on any atom is -0.497 e. The van der Waals surface area contributed by atoms with Crippen molar-refractivity contribution in [3.8, 4) is 11.5 Å².